The summed E-state index contributed by atoms with van der Waals surface area (Å²) >= 11 is 5.54. The normalized spacial score (nSPS) is 13.1. The molecule has 0 rings (SSSR count). The highest BCUT2D eigenvalue weighted by Crippen LogP contribution is 2.09. The van der Waals surface area contributed by atoms with Crippen LogP contribution in [0.25, 0.3) is 0 Å². The van der Waals surface area contributed by atoms with Crippen LogP contribution in [0.2, 0.25) is 0 Å². The molecule has 0 aliphatic heterocycles. The summed E-state index contributed by atoms with van der Waals surface area (Å²) in [5.41, 5.74) is 0. The van der Waals surface area contributed by atoms with Gasteiger partial charge in [0.15, 0.2) is 0 Å². The lowest BCUT2D eigenvalue weighted by Crippen LogP contribution is -2.45. The van der Waals surface area contributed by atoms with E-state index in [1.807, 2.05) is 13.8 Å². The summed E-state index contributed by atoms with van der Waals surface area (Å²) in [6.45, 7) is 6.29. The minimum absolute atomic E-state index is 0.0376. The molecule has 0 aliphatic rings. The molecule has 0 saturated heterocycles. The molecule has 4 nitrogen and oxygen atoms in total. The van der Waals surface area contributed by atoms with Gasteiger partial charge in [-0.1, -0.05) is 6.92 Å². The molecule has 0 amide bonds. The molecule has 0 bridgehead atoms. The van der Waals surface area contributed by atoms with E-state index < -0.39 is 10.2 Å². The maximum absolute atomic E-state index is 11.9. The minimum atomic E-state index is -3.33. The van der Waals surface area contributed by atoms with Crippen molar-refractivity contribution < 1.29 is 8.42 Å². The molecule has 0 unspecified atom stereocenters. The zero-order chi connectivity index (χ0) is 11.4. The molecule has 0 radical (unpaired) electrons. The van der Waals surface area contributed by atoms with E-state index in [9.17, 15) is 8.42 Å². The lowest BCUT2D eigenvalue weighted by molar-refractivity contribution is 0.348. The van der Waals surface area contributed by atoms with Crippen LogP contribution in [0.5, 0.6) is 0 Å². The topological polar surface area (TPSA) is 40.6 Å². The predicted molar refractivity (Wildman–Crippen MR) is 59.8 cm³/mol. The van der Waals surface area contributed by atoms with Crippen LogP contribution in [-0.2, 0) is 10.2 Å². The van der Waals surface area contributed by atoms with Crippen molar-refractivity contribution >= 4 is 21.8 Å². The fourth-order valence-electron chi connectivity index (χ4n) is 0.979. The summed E-state index contributed by atoms with van der Waals surface area (Å²) in [6, 6.07) is -0.0376. The maximum Gasteiger partial charge on any atom is 0.281 e. The first-order valence-corrected chi connectivity index (χ1v) is 6.60. The second kappa shape index (κ2) is 5.90. The first-order valence-electron chi connectivity index (χ1n) is 4.67. The van der Waals surface area contributed by atoms with Gasteiger partial charge in [-0.3, -0.25) is 0 Å². The van der Waals surface area contributed by atoms with Gasteiger partial charge in [0.1, 0.15) is 0 Å². The highest BCUT2D eigenvalue weighted by Gasteiger charge is 2.26. The van der Waals surface area contributed by atoms with E-state index in [2.05, 4.69) is 0 Å². The molecule has 0 N–H and O–H groups in total. The van der Waals surface area contributed by atoms with Crippen molar-refractivity contribution in [2.24, 2.45) is 0 Å². The summed E-state index contributed by atoms with van der Waals surface area (Å²) in [6.07, 6.45) is 0. The summed E-state index contributed by atoms with van der Waals surface area (Å²) < 4.78 is 26.5. The van der Waals surface area contributed by atoms with Crippen molar-refractivity contribution in [3.63, 3.8) is 0 Å². The Morgan fingerprint density at radius 1 is 1.36 bits per heavy atom. The standard InChI is InChI=1S/C8H19ClN2O2S/c1-5-11(7-6-9)14(12,13)10(4)8(2)3/h8H,5-7H2,1-4H3. The Morgan fingerprint density at radius 2 is 1.86 bits per heavy atom. The molecule has 0 heterocycles. The van der Waals surface area contributed by atoms with Crippen LogP contribution in [-0.4, -0.2) is 49.1 Å². The summed E-state index contributed by atoms with van der Waals surface area (Å²) in [5.74, 6) is 0.318. The van der Waals surface area contributed by atoms with Crippen molar-refractivity contribution in [1.29, 1.82) is 0 Å². The average molecular weight is 243 g/mol. The molecular formula is C8H19ClN2O2S. The summed E-state index contributed by atoms with van der Waals surface area (Å²) in [5, 5.41) is 0. The molecule has 0 spiro atoms. The monoisotopic (exact) mass is 242 g/mol. The van der Waals surface area contributed by atoms with Crippen LogP contribution >= 0.6 is 11.6 Å². The van der Waals surface area contributed by atoms with Crippen molar-refractivity contribution in [2.45, 2.75) is 26.8 Å². The van der Waals surface area contributed by atoms with Gasteiger partial charge in [-0.05, 0) is 13.8 Å². The molecule has 0 aromatic heterocycles. The molecule has 0 aromatic carbocycles. The fraction of sp³-hybridized carbons (Fsp3) is 1.00. The Balaban J connectivity index is 4.73. The number of halogens is 1. The third kappa shape index (κ3) is 3.38. The van der Waals surface area contributed by atoms with Crippen LogP contribution in [0, 0.1) is 0 Å². The Kier molecular flexibility index (Phi) is 5.97. The molecule has 14 heavy (non-hydrogen) atoms. The van der Waals surface area contributed by atoms with E-state index >= 15 is 0 Å². The van der Waals surface area contributed by atoms with Crippen molar-refractivity contribution in [2.75, 3.05) is 26.0 Å². The maximum atomic E-state index is 11.9. The molecule has 0 atom stereocenters. The zero-order valence-electron chi connectivity index (χ0n) is 9.20. The van der Waals surface area contributed by atoms with Crippen molar-refractivity contribution in [3.8, 4) is 0 Å². The summed E-state index contributed by atoms with van der Waals surface area (Å²) in [7, 11) is -1.75. The lowest BCUT2D eigenvalue weighted by Gasteiger charge is -2.28. The van der Waals surface area contributed by atoms with Gasteiger partial charge in [0, 0.05) is 32.1 Å². The molecular weight excluding hydrogens is 224 g/mol. The van der Waals surface area contributed by atoms with Gasteiger partial charge in [0.2, 0.25) is 0 Å². The van der Waals surface area contributed by atoms with Gasteiger partial charge in [0.05, 0.1) is 0 Å². The predicted octanol–water partition coefficient (Wildman–Crippen LogP) is 1.13. The molecule has 0 saturated carbocycles. The van der Waals surface area contributed by atoms with Gasteiger partial charge in [0.25, 0.3) is 10.2 Å². The van der Waals surface area contributed by atoms with Crippen molar-refractivity contribution in [1.82, 2.24) is 8.61 Å². The van der Waals surface area contributed by atoms with Crippen LogP contribution in [0.4, 0.5) is 0 Å². The number of nitrogens with zero attached hydrogens (tertiary/aromatic N) is 2. The Hall–Kier alpha value is 0.160. The first kappa shape index (κ1) is 14.2. The SMILES string of the molecule is CCN(CCCl)S(=O)(=O)N(C)C(C)C. The fourth-order valence-corrected chi connectivity index (χ4v) is 2.83. The van der Waals surface area contributed by atoms with Gasteiger partial charge in [-0.25, -0.2) is 0 Å². The van der Waals surface area contributed by atoms with E-state index in [4.69, 9.17) is 11.6 Å². The van der Waals surface area contributed by atoms with Gasteiger partial charge in [-0.15, -0.1) is 11.6 Å². The Morgan fingerprint density at radius 3 is 2.14 bits per heavy atom. The summed E-state index contributed by atoms with van der Waals surface area (Å²) in [4.78, 5) is 0. The van der Waals surface area contributed by atoms with Crippen LogP contribution in [0.1, 0.15) is 20.8 Å². The third-order valence-electron chi connectivity index (χ3n) is 2.10. The second-order valence-corrected chi connectivity index (χ2v) is 5.66. The number of rotatable bonds is 6. The van der Waals surface area contributed by atoms with Crippen LogP contribution in [0.15, 0.2) is 0 Å². The molecule has 0 aromatic rings. The first-order chi connectivity index (χ1) is 6.37. The highest BCUT2D eigenvalue weighted by atomic mass is 35.5. The second-order valence-electron chi connectivity index (χ2n) is 3.30. The molecule has 86 valence electrons. The van der Waals surface area contributed by atoms with E-state index in [0.717, 1.165) is 0 Å². The van der Waals surface area contributed by atoms with Gasteiger partial charge < -0.3 is 0 Å². The van der Waals surface area contributed by atoms with E-state index in [0.29, 0.717) is 19.0 Å². The van der Waals surface area contributed by atoms with Crippen molar-refractivity contribution in [3.05, 3.63) is 0 Å². The average Bonchev–Trinajstić information content (AvgIpc) is 2.12. The number of alkyl halides is 1. The van der Waals surface area contributed by atoms with Crippen LogP contribution < -0.4 is 0 Å². The quantitative estimate of drug-likeness (QED) is 0.656. The van der Waals surface area contributed by atoms with Gasteiger partial charge >= 0.3 is 0 Å². The lowest BCUT2D eigenvalue weighted by atomic mass is 10.4. The Bertz CT molecular complexity index is 254. The third-order valence-corrected chi connectivity index (χ3v) is 4.52. The number of hydrogen-bond acceptors (Lipinski definition) is 2. The van der Waals surface area contributed by atoms with E-state index in [-0.39, 0.29) is 6.04 Å². The highest BCUT2D eigenvalue weighted by molar-refractivity contribution is 7.86. The minimum Gasteiger partial charge on any atom is -0.195 e. The zero-order valence-corrected chi connectivity index (χ0v) is 10.8. The van der Waals surface area contributed by atoms with E-state index in [1.165, 1.54) is 8.61 Å². The number of hydrogen-bond donors (Lipinski definition) is 0. The van der Waals surface area contributed by atoms with Gasteiger partial charge in [-0.2, -0.15) is 17.0 Å². The largest absolute Gasteiger partial charge is 0.281 e. The van der Waals surface area contributed by atoms with E-state index in [1.54, 1.807) is 14.0 Å². The Labute approximate surface area is 92.0 Å². The molecule has 0 fully saturated rings. The smallest absolute Gasteiger partial charge is 0.195 e. The van der Waals surface area contributed by atoms with Crippen LogP contribution in [0.3, 0.4) is 0 Å². The molecule has 6 heteroatoms. The molecule has 0 aliphatic carbocycles.